The van der Waals surface area contributed by atoms with Crippen LogP contribution in [0.1, 0.15) is 19.0 Å². The van der Waals surface area contributed by atoms with Crippen LogP contribution < -0.4 is 0 Å². The number of pyridine rings is 1. The second-order valence-electron chi connectivity index (χ2n) is 3.41. The first kappa shape index (κ1) is 11.4. The average Bonchev–Trinajstić information content (AvgIpc) is 2.29. The fourth-order valence-corrected chi connectivity index (χ4v) is 1.37. The fourth-order valence-electron chi connectivity index (χ4n) is 1.37. The first-order chi connectivity index (χ1) is 7.15. The van der Waals surface area contributed by atoms with Crippen LogP contribution in [0.2, 0.25) is 0 Å². The summed E-state index contributed by atoms with van der Waals surface area (Å²) in [6.07, 6.45) is 2.35. The monoisotopic (exact) mass is 207 g/mol. The largest absolute Gasteiger partial charge is 0.468 e. The molecule has 0 saturated carbocycles. The minimum absolute atomic E-state index is 0.0662. The summed E-state index contributed by atoms with van der Waals surface area (Å²) in [5, 5.41) is 0. The Hall–Kier alpha value is -1.71. The first-order valence-electron chi connectivity index (χ1n) is 4.58. The van der Waals surface area contributed by atoms with E-state index in [1.165, 1.54) is 7.11 Å². The zero-order valence-corrected chi connectivity index (χ0v) is 8.77. The fraction of sp³-hybridized carbons (Fsp3) is 0.364. The smallest absolute Gasteiger partial charge is 0.318 e. The summed E-state index contributed by atoms with van der Waals surface area (Å²) in [5.41, 5.74) is -0.443. The van der Waals surface area contributed by atoms with E-state index in [4.69, 9.17) is 0 Å². The number of nitrogens with zero attached hydrogens (tertiary/aromatic N) is 1. The van der Waals surface area contributed by atoms with Crippen molar-refractivity contribution in [1.82, 2.24) is 4.98 Å². The summed E-state index contributed by atoms with van der Waals surface area (Å²) < 4.78 is 4.68. The molecule has 0 saturated heterocycles. The van der Waals surface area contributed by atoms with Crippen LogP contribution in [0.4, 0.5) is 0 Å². The van der Waals surface area contributed by atoms with Gasteiger partial charge in [0, 0.05) is 12.6 Å². The molecule has 0 aromatic carbocycles. The van der Waals surface area contributed by atoms with Gasteiger partial charge in [0.15, 0.2) is 0 Å². The van der Waals surface area contributed by atoms with Gasteiger partial charge in [-0.25, -0.2) is 0 Å². The first-order valence-corrected chi connectivity index (χ1v) is 4.58. The molecule has 0 fully saturated rings. The Morgan fingerprint density at radius 2 is 2.33 bits per heavy atom. The molecule has 0 aliphatic rings. The van der Waals surface area contributed by atoms with E-state index in [2.05, 4.69) is 9.72 Å². The maximum absolute atomic E-state index is 11.6. The molecule has 4 nitrogen and oxygen atoms in total. The van der Waals surface area contributed by atoms with Crippen LogP contribution in [0.3, 0.4) is 0 Å². The predicted octanol–water partition coefficient (Wildman–Crippen LogP) is 1.10. The lowest BCUT2D eigenvalue weighted by Gasteiger charge is -2.23. The number of hydrogen-bond acceptors (Lipinski definition) is 4. The number of carbonyl (C=O) groups is 2. The van der Waals surface area contributed by atoms with Crippen LogP contribution in [0.5, 0.6) is 0 Å². The van der Waals surface area contributed by atoms with Crippen LogP contribution in [-0.4, -0.2) is 24.3 Å². The van der Waals surface area contributed by atoms with Gasteiger partial charge in [0.05, 0.1) is 12.8 Å². The number of hydrogen-bond donors (Lipinski definition) is 0. The summed E-state index contributed by atoms with van der Waals surface area (Å²) in [6.45, 7) is 1.65. The van der Waals surface area contributed by atoms with E-state index < -0.39 is 11.4 Å². The van der Waals surface area contributed by atoms with Gasteiger partial charge in [0.2, 0.25) is 0 Å². The van der Waals surface area contributed by atoms with Crippen molar-refractivity contribution in [2.45, 2.75) is 18.8 Å². The van der Waals surface area contributed by atoms with E-state index in [9.17, 15) is 9.59 Å². The average molecular weight is 207 g/mol. The van der Waals surface area contributed by atoms with Crippen LogP contribution in [0.15, 0.2) is 24.4 Å². The van der Waals surface area contributed by atoms with Crippen molar-refractivity contribution in [1.29, 1.82) is 0 Å². The van der Waals surface area contributed by atoms with Gasteiger partial charge >= 0.3 is 5.97 Å². The molecule has 1 aromatic rings. The Morgan fingerprint density at radius 3 is 2.80 bits per heavy atom. The third kappa shape index (κ3) is 2.21. The van der Waals surface area contributed by atoms with Gasteiger partial charge in [0.1, 0.15) is 11.7 Å². The van der Waals surface area contributed by atoms with Crippen molar-refractivity contribution < 1.29 is 14.3 Å². The predicted molar refractivity (Wildman–Crippen MR) is 54.3 cm³/mol. The maximum Gasteiger partial charge on any atom is 0.318 e. The van der Waals surface area contributed by atoms with Crippen LogP contribution in [0.25, 0.3) is 0 Å². The highest BCUT2D eigenvalue weighted by Gasteiger charge is 2.37. The number of methoxy groups -OCH3 is 1. The highest BCUT2D eigenvalue weighted by Crippen LogP contribution is 2.26. The summed E-state index contributed by atoms with van der Waals surface area (Å²) in [5.74, 6) is -0.451. The summed E-state index contributed by atoms with van der Waals surface area (Å²) in [7, 11) is 1.30. The lowest BCUT2D eigenvalue weighted by molar-refractivity contribution is -0.148. The Morgan fingerprint density at radius 1 is 1.60 bits per heavy atom. The Bertz CT molecular complexity index is 350. The molecule has 0 bridgehead atoms. The second kappa shape index (κ2) is 4.68. The molecule has 0 spiro atoms. The minimum atomic E-state index is -0.988. The lowest BCUT2D eigenvalue weighted by atomic mass is 9.83. The highest BCUT2D eigenvalue weighted by molar-refractivity contribution is 5.84. The zero-order chi connectivity index (χ0) is 11.3. The van der Waals surface area contributed by atoms with Gasteiger partial charge in [-0.05, 0) is 19.1 Å². The van der Waals surface area contributed by atoms with Gasteiger partial charge in [0.25, 0.3) is 0 Å². The molecular weight excluding hydrogens is 194 g/mol. The van der Waals surface area contributed by atoms with Crippen molar-refractivity contribution in [3.05, 3.63) is 30.1 Å². The van der Waals surface area contributed by atoms with E-state index in [-0.39, 0.29) is 6.42 Å². The number of rotatable bonds is 4. The molecule has 0 aliphatic carbocycles. The Labute approximate surface area is 88.3 Å². The number of esters is 1. The zero-order valence-electron chi connectivity index (χ0n) is 8.77. The van der Waals surface area contributed by atoms with Crippen LogP contribution in [-0.2, 0) is 19.7 Å². The SMILES string of the molecule is COC(=O)C(C)(CC=O)c1ccccn1. The van der Waals surface area contributed by atoms with Gasteiger partial charge in [-0.2, -0.15) is 0 Å². The highest BCUT2D eigenvalue weighted by atomic mass is 16.5. The van der Waals surface area contributed by atoms with E-state index in [1.807, 2.05) is 0 Å². The molecular formula is C11H13NO3. The molecule has 15 heavy (non-hydrogen) atoms. The summed E-state index contributed by atoms with van der Waals surface area (Å²) in [4.78, 5) is 26.3. The van der Waals surface area contributed by atoms with Gasteiger partial charge in [-0.1, -0.05) is 6.07 Å². The van der Waals surface area contributed by atoms with Crippen molar-refractivity contribution in [2.24, 2.45) is 0 Å². The normalized spacial score (nSPS) is 14.0. The molecule has 4 heteroatoms. The van der Waals surface area contributed by atoms with Crippen molar-refractivity contribution in [3.8, 4) is 0 Å². The minimum Gasteiger partial charge on any atom is -0.468 e. The van der Waals surface area contributed by atoms with Gasteiger partial charge in [-0.15, -0.1) is 0 Å². The number of carbonyl (C=O) groups excluding carboxylic acids is 2. The summed E-state index contributed by atoms with van der Waals surface area (Å²) >= 11 is 0. The Balaban J connectivity index is 3.12. The molecule has 0 radical (unpaired) electrons. The molecule has 1 unspecified atom stereocenters. The topological polar surface area (TPSA) is 56.3 Å². The molecule has 1 atom stereocenters. The van der Waals surface area contributed by atoms with E-state index in [0.29, 0.717) is 12.0 Å². The maximum atomic E-state index is 11.6. The molecule has 80 valence electrons. The molecule has 0 N–H and O–H groups in total. The van der Waals surface area contributed by atoms with Crippen molar-refractivity contribution in [2.75, 3.05) is 7.11 Å². The van der Waals surface area contributed by atoms with Gasteiger partial charge < -0.3 is 9.53 Å². The Kier molecular flexibility index (Phi) is 3.55. The van der Waals surface area contributed by atoms with E-state index in [0.717, 1.165) is 0 Å². The molecule has 1 heterocycles. The summed E-state index contributed by atoms with van der Waals surface area (Å²) in [6, 6.07) is 5.23. The van der Waals surface area contributed by atoms with E-state index >= 15 is 0 Å². The van der Waals surface area contributed by atoms with Crippen LogP contribution in [0, 0.1) is 0 Å². The number of aldehydes is 1. The third-order valence-corrected chi connectivity index (χ3v) is 2.36. The lowest BCUT2D eigenvalue weighted by Crippen LogP contribution is -2.35. The van der Waals surface area contributed by atoms with Crippen LogP contribution >= 0.6 is 0 Å². The standard InChI is InChI=1S/C11H13NO3/c1-11(6-8-13,10(14)15-2)9-5-3-4-7-12-9/h3-5,7-8H,6H2,1-2H3. The van der Waals surface area contributed by atoms with Gasteiger partial charge in [-0.3, -0.25) is 9.78 Å². The molecule has 0 aliphatic heterocycles. The number of ether oxygens (including phenoxy) is 1. The van der Waals surface area contributed by atoms with Crippen molar-refractivity contribution >= 4 is 12.3 Å². The second-order valence-corrected chi connectivity index (χ2v) is 3.41. The quantitative estimate of drug-likeness (QED) is 0.548. The van der Waals surface area contributed by atoms with E-state index in [1.54, 1.807) is 31.3 Å². The molecule has 1 rings (SSSR count). The number of aromatic nitrogens is 1. The molecule has 0 amide bonds. The third-order valence-electron chi connectivity index (χ3n) is 2.36. The molecule has 1 aromatic heterocycles. The van der Waals surface area contributed by atoms with Crippen molar-refractivity contribution in [3.63, 3.8) is 0 Å².